The number of aryl methyl sites for hydroxylation is 1. The number of carbonyl (C=O) groups excluding carboxylic acids is 1. The molecule has 0 heterocycles. The number of hydrogen-bond acceptors (Lipinski definition) is 3. The Hall–Kier alpha value is -2.04. The van der Waals surface area contributed by atoms with E-state index in [2.05, 4.69) is 0 Å². The highest BCUT2D eigenvalue weighted by Crippen LogP contribution is 2.27. The highest BCUT2D eigenvalue weighted by Gasteiger charge is 2.33. The Bertz CT molecular complexity index is 511. The number of amides is 1. The van der Waals surface area contributed by atoms with Gasteiger partial charge in [-0.15, -0.1) is 0 Å². The molecule has 0 saturated heterocycles. The van der Waals surface area contributed by atoms with Gasteiger partial charge in [-0.05, 0) is 43.9 Å². The van der Waals surface area contributed by atoms with Crippen LogP contribution in [0.5, 0.6) is 5.75 Å². The van der Waals surface area contributed by atoms with Crippen LogP contribution in [0.1, 0.15) is 31.2 Å². The van der Waals surface area contributed by atoms with E-state index >= 15 is 0 Å². The maximum absolute atomic E-state index is 12.0. The standard InChI is InChI=1S/C16H21NO4/c1-12-4-2-5-14(10-12)21-9-3-6-15(18)17(11-16(19)20)13-7-8-13/h2,4-5,10,13H,3,6-9,11H2,1H3,(H,19,20). The third kappa shape index (κ3) is 5.10. The molecule has 1 aromatic carbocycles. The third-order valence-electron chi connectivity index (χ3n) is 3.41. The van der Waals surface area contributed by atoms with Crippen molar-refractivity contribution in [1.29, 1.82) is 0 Å². The van der Waals surface area contributed by atoms with Crippen LogP contribution >= 0.6 is 0 Å². The maximum Gasteiger partial charge on any atom is 0.323 e. The summed E-state index contributed by atoms with van der Waals surface area (Å²) in [6.07, 6.45) is 2.75. The smallest absolute Gasteiger partial charge is 0.323 e. The van der Waals surface area contributed by atoms with E-state index in [9.17, 15) is 9.59 Å². The molecule has 0 bridgehead atoms. The summed E-state index contributed by atoms with van der Waals surface area (Å²) in [7, 11) is 0. The van der Waals surface area contributed by atoms with Crippen molar-refractivity contribution < 1.29 is 19.4 Å². The van der Waals surface area contributed by atoms with Crippen molar-refractivity contribution >= 4 is 11.9 Å². The summed E-state index contributed by atoms with van der Waals surface area (Å²) in [5.41, 5.74) is 1.13. The van der Waals surface area contributed by atoms with Crippen molar-refractivity contribution in [2.75, 3.05) is 13.2 Å². The Morgan fingerprint density at radius 3 is 2.76 bits per heavy atom. The van der Waals surface area contributed by atoms with Gasteiger partial charge < -0.3 is 14.7 Å². The van der Waals surface area contributed by atoms with Crippen LogP contribution in [-0.4, -0.2) is 41.1 Å². The first-order chi connectivity index (χ1) is 10.1. The summed E-state index contributed by atoms with van der Waals surface area (Å²) in [6.45, 7) is 2.26. The lowest BCUT2D eigenvalue weighted by Crippen LogP contribution is -2.37. The summed E-state index contributed by atoms with van der Waals surface area (Å²) >= 11 is 0. The van der Waals surface area contributed by atoms with E-state index in [4.69, 9.17) is 9.84 Å². The van der Waals surface area contributed by atoms with Crippen LogP contribution in [0.25, 0.3) is 0 Å². The molecule has 1 aliphatic rings. The van der Waals surface area contributed by atoms with Gasteiger partial charge in [0.25, 0.3) is 0 Å². The minimum Gasteiger partial charge on any atom is -0.494 e. The molecule has 0 radical (unpaired) electrons. The lowest BCUT2D eigenvalue weighted by molar-refractivity contribution is -0.145. The fourth-order valence-electron chi connectivity index (χ4n) is 2.21. The van der Waals surface area contributed by atoms with Crippen LogP contribution < -0.4 is 4.74 Å². The second-order valence-corrected chi connectivity index (χ2v) is 5.42. The third-order valence-corrected chi connectivity index (χ3v) is 3.41. The molecule has 114 valence electrons. The number of benzene rings is 1. The SMILES string of the molecule is Cc1cccc(OCCCC(=O)N(CC(=O)O)C2CC2)c1. The molecule has 0 atom stereocenters. The molecule has 0 aromatic heterocycles. The number of rotatable bonds is 8. The van der Waals surface area contributed by atoms with Crippen LogP contribution in [0, 0.1) is 6.92 Å². The first-order valence-corrected chi connectivity index (χ1v) is 7.27. The van der Waals surface area contributed by atoms with Crippen molar-refractivity contribution in [3.05, 3.63) is 29.8 Å². The van der Waals surface area contributed by atoms with E-state index in [0.29, 0.717) is 19.4 Å². The van der Waals surface area contributed by atoms with Crippen LogP contribution in [0.4, 0.5) is 0 Å². The zero-order valence-corrected chi connectivity index (χ0v) is 12.2. The summed E-state index contributed by atoms with van der Waals surface area (Å²) < 4.78 is 5.59. The van der Waals surface area contributed by atoms with Crippen LogP contribution in [0.3, 0.4) is 0 Å². The zero-order chi connectivity index (χ0) is 15.2. The summed E-state index contributed by atoms with van der Waals surface area (Å²) in [5.74, 6) is -0.244. The number of carboxylic acid groups (broad SMARTS) is 1. The molecule has 1 fully saturated rings. The lowest BCUT2D eigenvalue weighted by atomic mass is 10.2. The van der Waals surface area contributed by atoms with Crippen molar-refractivity contribution in [2.24, 2.45) is 0 Å². The predicted molar refractivity (Wildman–Crippen MR) is 78.3 cm³/mol. The van der Waals surface area contributed by atoms with Gasteiger partial charge in [-0.1, -0.05) is 12.1 Å². The second-order valence-electron chi connectivity index (χ2n) is 5.42. The Morgan fingerprint density at radius 2 is 2.14 bits per heavy atom. The highest BCUT2D eigenvalue weighted by atomic mass is 16.5. The summed E-state index contributed by atoms with van der Waals surface area (Å²) in [5, 5.41) is 8.84. The van der Waals surface area contributed by atoms with Gasteiger partial charge in [0.1, 0.15) is 12.3 Å². The quantitative estimate of drug-likeness (QED) is 0.746. The zero-order valence-electron chi connectivity index (χ0n) is 12.2. The average molecular weight is 291 g/mol. The second kappa shape index (κ2) is 7.11. The number of carbonyl (C=O) groups is 2. The Labute approximate surface area is 124 Å². The van der Waals surface area contributed by atoms with Crippen molar-refractivity contribution in [2.45, 2.75) is 38.6 Å². The fourth-order valence-corrected chi connectivity index (χ4v) is 2.21. The predicted octanol–water partition coefficient (Wildman–Crippen LogP) is 2.23. The monoisotopic (exact) mass is 291 g/mol. The molecule has 0 unspecified atom stereocenters. The molecular weight excluding hydrogens is 270 g/mol. The van der Waals surface area contributed by atoms with Crippen molar-refractivity contribution in [1.82, 2.24) is 4.90 Å². The highest BCUT2D eigenvalue weighted by molar-refractivity contribution is 5.81. The van der Waals surface area contributed by atoms with Gasteiger partial charge in [0, 0.05) is 12.5 Å². The molecule has 1 N–H and O–H groups in total. The van der Waals surface area contributed by atoms with E-state index in [-0.39, 0.29) is 18.5 Å². The normalized spacial score (nSPS) is 13.8. The molecule has 0 aliphatic heterocycles. The molecule has 21 heavy (non-hydrogen) atoms. The van der Waals surface area contributed by atoms with Gasteiger partial charge in [0.15, 0.2) is 0 Å². The topological polar surface area (TPSA) is 66.8 Å². The Kier molecular flexibility index (Phi) is 5.20. The minimum absolute atomic E-state index is 0.0901. The van der Waals surface area contributed by atoms with E-state index in [1.165, 1.54) is 4.90 Å². The first-order valence-electron chi connectivity index (χ1n) is 7.27. The Balaban J connectivity index is 1.72. The van der Waals surface area contributed by atoms with Crippen molar-refractivity contribution in [3.8, 4) is 5.75 Å². The maximum atomic E-state index is 12.0. The van der Waals surface area contributed by atoms with Gasteiger partial charge in [-0.3, -0.25) is 9.59 Å². The lowest BCUT2D eigenvalue weighted by Gasteiger charge is -2.20. The summed E-state index contributed by atoms with van der Waals surface area (Å²) in [4.78, 5) is 24.3. The number of aliphatic carboxylic acids is 1. The average Bonchev–Trinajstić information content (AvgIpc) is 3.25. The van der Waals surface area contributed by atoms with Gasteiger partial charge >= 0.3 is 5.97 Å². The van der Waals surface area contributed by atoms with E-state index in [1.54, 1.807) is 0 Å². The van der Waals surface area contributed by atoms with E-state index in [0.717, 1.165) is 24.2 Å². The summed E-state index contributed by atoms with van der Waals surface area (Å²) in [6, 6.07) is 7.89. The van der Waals surface area contributed by atoms with Crippen molar-refractivity contribution in [3.63, 3.8) is 0 Å². The van der Waals surface area contributed by atoms with Crippen LogP contribution in [-0.2, 0) is 9.59 Å². The molecule has 1 saturated carbocycles. The van der Waals surface area contributed by atoms with Gasteiger partial charge in [0.05, 0.1) is 6.61 Å². The van der Waals surface area contributed by atoms with E-state index in [1.807, 2.05) is 31.2 Å². The molecule has 0 spiro atoms. The molecule has 2 rings (SSSR count). The molecule has 1 aliphatic carbocycles. The number of hydrogen-bond donors (Lipinski definition) is 1. The molecule has 1 aromatic rings. The number of carboxylic acids is 1. The first kappa shape index (κ1) is 15.4. The number of nitrogens with zero attached hydrogens (tertiary/aromatic N) is 1. The number of ether oxygens (including phenoxy) is 1. The molecule has 5 nitrogen and oxygen atoms in total. The molecule has 1 amide bonds. The molecular formula is C16H21NO4. The van der Waals surface area contributed by atoms with Gasteiger partial charge in [-0.2, -0.15) is 0 Å². The van der Waals surface area contributed by atoms with Gasteiger partial charge in [0.2, 0.25) is 5.91 Å². The largest absolute Gasteiger partial charge is 0.494 e. The Morgan fingerprint density at radius 1 is 1.38 bits per heavy atom. The van der Waals surface area contributed by atoms with Crippen LogP contribution in [0.2, 0.25) is 0 Å². The minimum atomic E-state index is -0.953. The van der Waals surface area contributed by atoms with Crippen LogP contribution in [0.15, 0.2) is 24.3 Å². The molecule has 5 heteroatoms. The van der Waals surface area contributed by atoms with Gasteiger partial charge in [-0.25, -0.2) is 0 Å². The fraction of sp³-hybridized carbons (Fsp3) is 0.500. The van der Waals surface area contributed by atoms with E-state index < -0.39 is 5.97 Å².